The number of piperazine rings is 1. The Morgan fingerprint density at radius 3 is 2.35 bits per heavy atom. The molecule has 2 nitrogen and oxygen atoms in total. The number of benzene rings is 2. The van der Waals surface area contributed by atoms with Gasteiger partial charge in [0.1, 0.15) is 0 Å². The van der Waals surface area contributed by atoms with Crippen LogP contribution in [0, 0.1) is 13.8 Å². The normalized spacial score (nSPS) is 15.9. The standard InChI is InChI=1S/C19H22Cl2N2/c1-14-4-3-5-19(15(14)2)23-10-8-22(9-11-23)13-16-6-7-17(20)18(21)12-16/h3-7,12H,8-11,13H2,1-2H3. The Balaban J connectivity index is 1.62. The van der Waals surface area contributed by atoms with E-state index >= 15 is 0 Å². The van der Waals surface area contributed by atoms with Crippen molar-refractivity contribution >= 4 is 28.9 Å². The first-order valence-electron chi connectivity index (χ1n) is 8.02. The first kappa shape index (κ1) is 16.6. The zero-order valence-electron chi connectivity index (χ0n) is 13.6. The zero-order chi connectivity index (χ0) is 16.4. The van der Waals surface area contributed by atoms with Crippen LogP contribution < -0.4 is 4.90 Å². The van der Waals surface area contributed by atoms with Crippen LogP contribution in [0.3, 0.4) is 0 Å². The average molecular weight is 349 g/mol. The minimum Gasteiger partial charge on any atom is -0.369 e. The molecule has 1 heterocycles. The quantitative estimate of drug-likeness (QED) is 0.775. The van der Waals surface area contributed by atoms with Crippen molar-refractivity contribution in [1.29, 1.82) is 0 Å². The van der Waals surface area contributed by atoms with Gasteiger partial charge in [0.2, 0.25) is 0 Å². The number of hydrogen-bond acceptors (Lipinski definition) is 2. The van der Waals surface area contributed by atoms with Crippen molar-refractivity contribution in [3.05, 3.63) is 63.1 Å². The first-order chi connectivity index (χ1) is 11.0. The number of rotatable bonds is 3. The molecule has 0 spiro atoms. The first-order valence-corrected chi connectivity index (χ1v) is 8.77. The Morgan fingerprint density at radius 1 is 0.913 bits per heavy atom. The van der Waals surface area contributed by atoms with Crippen LogP contribution in [0.15, 0.2) is 36.4 Å². The molecule has 0 aliphatic carbocycles. The van der Waals surface area contributed by atoms with Crippen molar-refractivity contribution in [2.24, 2.45) is 0 Å². The van der Waals surface area contributed by atoms with Gasteiger partial charge in [-0.3, -0.25) is 4.90 Å². The van der Waals surface area contributed by atoms with Gasteiger partial charge < -0.3 is 4.90 Å². The van der Waals surface area contributed by atoms with Crippen molar-refractivity contribution in [3.8, 4) is 0 Å². The van der Waals surface area contributed by atoms with E-state index < -0.39 is 0 Å². The van der Waals surface area contributed by atoms with Gasteiger partial charge in [0.15, 0.2) is 0 Å². The van der Waals surface area contributed by atoms with E-state index in [9.17, 15) is 0 Å². The third-order valence-electron chi connectivity index (χ3n) is 4.68. The van der Waals surface area contributed by atoms with Crippen molar-refractivity contribution in [2.45, 2.75) is 20.4 Å². The molecule has 1 fully saturated rings. The summed E-state index contributed by atoms with van der Waals surface area (Å²) in [5, 5.41) is 1.26. The summed E-state index contributed by atoms with van der Waals surface area (Å²) in [7, 11) is 0. The summed E-state index contributed by atoms with van der Waals surface area (Å²) in [6.07, 6.45) is 0. The minimum atomic E-state index is 0.621. The van der Waals surface area contributed by atoms with Crippen molar-refractivity contribution in [1.82, 2.24) is 4.90 Å². The zero-order valence-corrected chi connectivity index (χ0v) is 15.2. The highest BCUT2D eigenvalue weighted by Gasteiger charge is 2.19. The van der Waals surface area contributed by atoms with E-state index in [1.807, 2.05) is 12.1 Å². The molecule has 0 amide bonds. The second-order valence-corrected chi connectivity index (χ2v) is 7.05. The summed E-state index contributed by atoms with van der Waals surface area (Å²) in [4.78, 5) is 4.97. The largest absolute Gasteiger partial charge is 0.369 e. The summed E-state index contributed by atoms with van der Waals surface area (Å²) >= 11 is 12.1. The van der Waals surface area contributed by atoms with E-state index in [0.29, 0.717) is 10.0 Å². The Labute approximate surface area is 148 Å². The molecule has 1 aliphatic heterocycles. The summed E-state index contributed by atoms with van der Waals surface area (Å²) in [5.41, 5.74) is 5.35. The fraction of sp³-hybridized carbons (Fsp3) is 0.368. The lowest BCUT2D eigenvalue weighted by molar-refractivity contribution is 0.250. The third kappa shape index (κ3) is 3.82. The summed E-state index contributed by atoms with van der Waals surface area (Å²) in [6.45, 7) is 9.57. The van der Waals surface area contributed by atoms with Gasteiger partial charge in [0.05, 0.1) is 10.0 Å². The van der Waals surface area contributed by atoms with Crippen molar-refractivity contribution < 1.29 is 0 Å². The average Bonchev–Trinajstić information content (AvgIpc) is 2.55. The molecule has 0 atom stereocenters. The van der Waals surface area contributed by atoms with E-state index in [2.05, 4.69) is 47.9 Å². The Hall–Kier alpha value is -1.22. The second kappa shape index (κ2) is 7.12. The van der Waals surface area contributed by atoms with Crippen molar-refractivity contribution in [3.63, 3.8) is 0 Å². The van der Waals surface area contributed by atoms with Gasteiger partial charge in [-0.05, 0) is 48.7 Å². The second-order valence-electron chi connectivity index (χ2n) is 6.23. The molecule has 0 N–H and O–H groups in total. The number of aryl methyl sites for hydroxylation is 1. The minimum absolute atomic E-state index is 0.621. The lowest BCUT2D eigenvalue weighted by Crippen LogP contribution is -2.46. The highest BCUT2D eigenvalue weighted by Crippen LogP contribution is 2.25. The van der Waals surface area contributed by atoms with Crippen LogP contribution in [-0.2, 0) is 6.54 Å². The maximum Gasteiger partial charge on any atom is 0.0595 e. The molecule has 23 heavy (non-hydrogen) atoms. The molecule has 1 aliphatic rings. The SMILES string of the molecule is Cc1cccc(N2CCN(Cc3ccc(Cl)c(Cl)c3)CC2)c1C. The monoisotopic (exact) mass is 348 g/mol. The van der Waals surface area contributed by atoms with Crippen LogP contribution in [0.2, 0.25) is 10.0 Å². The van der Waals surface area contributed by atoms with Gasteiger partial charge in [-0.2, -0.15) is 0 Å². The van der Waals surface area contributed by atoms with Crippen molar-refractivity contribution in [2.75, 3.05) is 31.1 Å². The van der Waals surface area contributed by atoms with Gasteiger partial charge in [-0.15, -0.1) is 0 Å². The number of anilines is 1. The van der Waals surface area contributed by atoms with Crippen LogP contribution in [0.1, 0.15) is 16.7 Å². The molecule has 0 unspecified atom stereocenters. The molecule has 0 radical (unpaired) electrons. The highest BCUT2D eigenvalue weighted by atomic mass is 35.5. The van der Waals surface area contributed by atoms with Crippen LogP contribution in [0.4, 0.5) is 5.69 Å². The molecule has 4 heteroatoms. The smallest absolute Gasteiger partial charge is 0.0595 e. The lowest BCUT2D eigenvalue weighted by Gasteiger charge is -2.37. The van der Waals surface area contributed by atoms with Gasteiger partial charge >= 0.3 is 0 Å². The van der Waals surface area contributed by atoms with E-state index in [4.69, 9.17) is 23.2 Å². The predicted octanol–water partition coefficient (Wildman–Crippen LogP) is 4.93. The van der Waals surface area contributed by atoms with Crippen LogP contribution in [0.25, 0.3) is 0 Å². The predicted molar refractivity (Wildman–Crippen MR) is 99.9 cm³/mol. The molecule has 1 saturated heterocycles. The van der Waals surface area contributed by atoms with Gasteiger partial charge in [-0.25, -0.2) is 0 Å². The Morgan fingerprint density at radius 2 is 1.65 bits per heavy atom. The Kier molecular flexibility index (Phi) is 5.15. The molecule has 0 aromatic heterocycles. The molecule has 2 aromatic carbocycles. The fourth-order valence-electron chi connectivity index (χ4n) is 3.12. The molecular formula is C19H22Cl2N2. The summed E-state index contributed by atoms with van der Waals surface area (Å²) < 4.78 is 0. The molecule has 122 valence electrons. The molecule has 3 rings (SSSR count). The summed E-state index contributed by atoms with van der Waals surface area (Å²) in [5.74, 6) is 0. The van der Waals surface area contributed by atoms with E-state index in [1.54, 1.807) is 0 Å². The maximum absolute atomic E-state index is 6.11. The summed E-state index contributed by atoms with van der Waals surface area (Å²) in [6, 6.07) is 12.5. The molecule has 2 aromatic rings. The van der Waals surface area contributed by atoms with Crippen LogP contribution >= 0.6 is 23.2 Å². The van der Waals surface area contributed by atoms with Gasteiger partial charge in [0.25, 0.3) is 0 Å². The molecule has 0 saturated carbocycles. The maximum atomic E-state index is 6.11. The highest BCUT2D eigenvalue weighted by molar-refractivity contribution is 6.42. The number of nitrogens with zero attached hydrogens (tertiary/aromatic N) is 2. The third-order valence-corrected chi connectivity index (χ3v) is 5.42. The van der Waals surface area contributed by atoms with E-state index in [-0.39, 0.29) is 0 Å². The molecular weight excluding hydrogens is 327 g/mol. The van der Waals surface area contributed by atoms with Crippen LogP contribution in [-0.4, -0.2) is 31.1 Å². The van der Waals surface area contributed by atoms with Gasteiger partial charge in [-0.1, -0.05) is 41.4 Å². The fourth-order valence-corrected chi connectivity index (χ4v) is 3.44. The number of hydrogen-bond donors (Lipinski definition) is 0. The van der Waals surface area contributed by atoms with E-state index in [1.165, 1.54) is 22.4 Å². The topological polar surface area (TPSA) is 6.48 Å². The number of halogens is 2. The van der Waals surface area contributed by atoms with E-state index in [0.717, 1.165) is 32.7 Å². The molecule has 0 bridgehead atoms. The van der Waals surface area contributed by atoms with Gasteiger partial charge in [0, 0.05) is 38.4 Å². The Bertz CT molecular complexity index is 692. The lowest BCUT2D eigenvalue weighted by atomic mass is 10.1. The van der Waals surface area contributed by atoms with Crippen LogP contribution in [0.5, 0.6) is 0 Å².